The predicted octanol–water partition coefficient (Wildman–Crippen LogP) is -3.79. The third-order valence-electron chi connectivity index (χ3n) is 11.1. The number of hydrogen-bond acceptors (Lipinski definition) is 23. The molecule has 0 radical (unpaired) electrons. The average Bonchev–Trinajstić information content (AvgIpc) is 3.72. The lowest BCUT2D eigenvalue weighted by Gasteiger charge is -2.32. The Balaban J connectivity index is 1.27. The van der Waals surface area contributed by atoms with Crippen LogP contribution < -0.4 is 10.6 Å². The number of imide groups is 1. The number of hydrogen-bond donors (Lipinski definition) is 5. The van der Waals surface area contributed by atoms with E-state index in [1.165, 1.54) is 12.2 Å². The van der Waals surface area contributed by atoms with Gasteiger partial charge < -0.3 is 82.8 Å². The summed E-state index contributed by atoms with van der Waals surface area (Å²) < 4.78 is 65.9. The van der Waals surface area contributed by atoms with Crippen LogP contribution in [0, 0.1) is 0 Å². The number of carboxylic acid groups (broad SMARTS) is 3. The van der Waals surface area contributed by atoms with Gasteiger partial charge in [-0.15, -0.1) is 0 Å². The molecule has 29 nitrogen and oxygen atoms in total. The lowest BCUT2D eigenvalue weighted by atomic mass is 10.3. The van der Waals surface area contributed by atoms with E-state index in [0.29, 0.717) is 211 Å². The molecule has 78 heavy (non-hydrogen) atoms. The van der Waals surface area contributed by atoms with Crippen LogP contribution in [0.15, 0.2) is 12.2 Å². The fourth-order valence-electron chi connectivity index (χ4n) is 7.04. The first-order valence-corrected chi connectivity index (χ1v) is 26.5. The molecule has 2 heterocycles. The van der Waals surface area contributed by atoms with E-state index in [1.54, 1.807) is 14.7 Å². The summed E-state index contributed by atoms with van der Waals surface area (Å²) in [7, 11) is 0. The quantitative estimate of drug-likeness (QED) is 0.0288. The highest BCUT2D eigenvalue weighted by molar-refractivity contribution is 6.13. The van der Waals surface area contributed by atoms with Gasteiger partial charge in [0.15, 0.2) is 0 Å². The van der Waals surface area contributed by atoms with Crippen molar-refractivity contribution in [3.05, 3.63) is 12.2 Å². The second-order valence-corrected chi connectivity index (χ2v) is 17.2. The van der Waals surface area contributed by atoms with Crippen LogP contribution in [-0.2, 0) is 90.4 Å². The number of amides is 4. The Labute approximate surface area is 456 Å². The Kier molecular flexibility index (Phi) is 43.3. The molecule has 450 valence electrons. The van der Waals surface area contributed by atoms with E-state index in [0.717, 1.165) is 4.90 Å². The maximum Gasteiger partial charge on any atom is 0.317 e. The summed E-state index contributed by atoms with van der Waals surface area (Å²) in [4.78, 5) is 90.0. The standard InChI is InChI=1S/C49H87N7O22/c57-43(3-6-56-45(59)1-2-46(56)60)50-4-15-67-17-19-69-21-23-71-25-27-73-29-31-75-33-35-77-37-38-78-36-34-76-32-30-74-28-26-72-24-22-70-20-18-68-16-5-51-44(58)39-52-7-9-53(40-47(61)62)11-13-55(42-49(65)66)14-12-54(10-8-52)41-48(63)64/h1-2H,3-42H2,(H,50,57)(H,51,58)(H,61,62)(H,63,64)(H,65,66). The van der Waals surface area contributed by atoms with Crippen molar-refractivity contribution in [1.29, 1.82) is 0 Å². The van der Waals surface area contributed by atoms with E-state index < -0.39 is 29.7 Å². The third kappa shape index (κ3) is 41.6. The van der Waals surface area contributed by atoms with Crippen molar-refractivity contribution in [2.24, 2.45) is 0 Å². The molecular formula is C49H87N7O22. The molecule has 0 unspecified atom stereocenters. The van der Waals surface area contributed by atoms with Crippen molar-refractivity contribution < 1.29 is 106 Å². The zero-order valence-electron chi connectivity index (χ0n) is 45.3. The van der Waals surface area contributed by atoms with Crippen LogP contribution in [0.5, 0.6) is 0 Å². The smallest absolute Gasteiger partial charge is 0.317 e. The summed E-state index contributed by atoms with van der Waals surface area (Å²) in [6.45, 7) is 12.2. The van der Waals surface area contributed by atoms with Gasteiger partial charge in [0, 0.05) is 90.6 Å². The fourth-order valence-corrected chi connectivity index (χ4v) is 7.04. The number of rotatable bonds is 50. The first-order valence-electron chi connectivity index (χ1n) is 26.5. The maximum atomic E-state index is 12.8. The molecule has 0 aliphatic carbocycles. The van der Waals surface area contributed by atoms with Crippen molar-refractivity contribution in [3.63, 3.8) is 0 Å². The molecule has 0 aromatic rings. The van der Waals surface area contributed by atoms with Crippen LogP contribution in [0.4, 0.5) is 0 Å². The summed E-state index contributed by atoms with van der Waals surface area (Å²) in [6, 6.07) is 0. The number of carbonyl (C=O) groups excluding carboxylic acids is 4. The first kappa shape index (κ1) is 69.7. The lowest BCUT2D eigenvalue weighted by molar-refractivity contribution is -0.140. The van der Waals surface area contributed by atoms with Crippen molar-refractivity contribution in [2.45, 2.75) is 6.42 Å². The second-order valence-electron chi connectivity index (χ2n) is 17.2. The van der Waals surface area contributed by atoms with E-state index in [9.17, 15) is 48.9 Å². The molecule has 0 aromatic heterocycles. The van der Waals surface area contributed by atoms with Gasteiger partial charge in [0.2, 0.25) is 11.8 Å². The summed E-state index contributed by atoms with van der Waals surface area (Å²) >= 11 is 0. The van der Waals surface area contributed by atoms with Gasteiger partial charge in [-0.1, -0.05) is 0 Å². The minimum Gasteiger partial charge on any atom is -0.480 e. The molecule has 0 bridgehead atoms. The van der Waals surface area contributed by atoms with Crippen molar-refractivity contribution in [1.82, 2.24) is 35.1 Å². The van der Waals surface area contributed by atoms with Crippen molar-refractivity contribution >= 4 is 41.5 Å². The molecule has 0 saturated carbocycles. The highest BCUT2D eigenvalue weighted by Gasteiger charge is 2.24. The summed E-state index contributed by atoms with van der Waals surface area (Å²) in [5.41, 5.74) is 0. The molecule has 0 aromatic carbocycles. The average molecular weight is 1130 g/mol. The zero-order chi connectivity index (χ0) is 56.5. The Morgan fingerprint density at radius 2 is 0.564 bits per heavy atom. The third-order valence-corrected chi connectivity index (χ3v) is 11.1. The van der Waals surface area contributed by atoms with Crippen LogP contribution >= 0.6 is 0 Å². The normalized spacial score (nSPS) is 15.4. The van der Waals surface area contributed by atoms with Gasteiger partial charge >= 0.3 is 17.9 Å². The maximum absolute atomic E-state index is 12.8. The Hall–Kier alpha value is -4.41. The molecule has 5 N–H and O–H groups in total. The van der Waals surface area contributed by atoms with Crippen LogP contribution in [0.25, 0.3) is 0 Å². The molecule has 4 amide bonds. The summed E-state index contributed by atoms with van der Waals surface area (Å²) in [5, 5.41) is 33.6. The van der Waals surface area contributed by atoms with E-state index >= 15 is 0 Å². The SMILES string of the molecule is O=C(O)CN1CCN(CC(=O)O)CCN(CC(=O)NCCOCCOCCOCCOCCOCCOCCOCCOCCOCCOCCOCCOCCNC(=O)CCN2C(=O)C=CC2=O)CCN(CC(=O)O)CC1. The Bertz CT molecular complexity index is 1610. The van der Waals surface area contributed by atoms with E-state index in [2.05, 4.69) is 10.6 Å². The number of nitrogens with one attached hydrogen (secondary N) is 2. The number of carboxylic acids is 3. The number of ether oxygens (including phenoxy) is 12. The van der Waals surface area contributed by atoms with Gasteiger partial charge in [-0.3, -0.25) is 58.1 Å². The molecule has 0 spiro atoms. The highest BCUT2D eigenvalue weighted by atomic mass is 16.6. The van der Waals surface area contributed by atoms with Crippen molar-refractivity contribution in [2.75, 3.05) is 257 Å². The Morgan fingerprint density at radius 3 is 0.808 bits per heavy atom. The fraction of sp³-hybridized carbons (Fsp3) is 0.816. The van der Waals surface area contributed by atoms with Crippen molar-refractivity contribution in [3.8, 4) is 0 Å². The van der Waals surface area contributed by atoms with Gasteiger partial charge in [0.1, 0.15) is 0 Å². The molecule has 2 aliphatic heterocycles. The topological polar surface area (TPSA) is 331 Å². The molecule has 2 rings (SSSR count). The zero-order valence-corrected chi connectivity index (χ0v) is 45.3. The van der Waals surface area contributed by atoms with Gasteiger partial charge in [0.25, 0.3) is 11.8 Å². The predicted molar refractivity (Wildman–Crippen MR) is 275 cm³/mol. The molecular weight excluding hydrogens is 1040 g/mol. The first-order chi connectivity index (χ1) is 37.9. The second kappa shape index (κ2) is 48.5. The minimum atomic E-state index is -1.03. The lowest BCUT2D eigenvalue weighted by Crippen LogP contribution is -2.50. The minimum absolute atomic E-state index is 0.0237. The molecule has 2 aliphatic rings. The Morgan fingerprint density at radius 1 is 0.346 bits per heavy atom. The number of carbonyl (C=O) groups is 7. The van der Waals surface area contributed by atoms with Crippen LogP contribution in [0.3, 0.4) is 0 Å². The van der Waals surface area contributed by atoms with Gasteiger partial charge in [0.05, 0.1) is 185 Å². The van der Waals surface area contributed by atoms with Crippen LogP contribution in [0.1, 0.15) is 6.42 Å². The molecule has 1 fully saturated rings. The van der Waals surface area contributed by atoms with Gasteiger partial charge in [-0.2, -0.15) is 0 Å². The summed E-state index contributed by atoms with van der Waals surface area (Å²) in [6.07, 6.45) is 2.41. The van der Waals surface area contributed by atoms with E-state index in [1.807, 2.05) is 4.90 Å². The number of nitrogens with zero attached hydrogens (tertiary/aromatic N) is 5. The van der Waals surface area contributed by atoms with Crippen LogP contribution in [-0.4, -0.2) is 338 Å². The number of aliphatic carboxylic acids is 3. The monoisotopic (exact) mass is 1130 g/mol. The molecule has 29 heteroatoms. The van der Waals surface area contributed by atoms with Crippen LogP contribution in [0.2, 0.25) is 0 Å². The largest absolute Gasteiger partial charge is 0.480 e. The van der Waals surface area contributed by atoms with Gasteiger partial charge in [-0.05, 0) is 0 Å². The van der Waals surface area contributed by atoms with E-state index in [-0.39, 0.29) is 64.1 Å². The van der Waals surface area contributed by atoms with Gasteiger partial charge in [-0.25, -0.2) is 0 Å². The molecule has 0 atom stereocenters. The molecule has 1 saturated heterocycles. The highest BCUT2D eigenvalue weighted by Crippen LogP contribution is 2.05. The summed E-state index contributed by atoms with van der Waals surface area (Å²) in [5.74, 6) is -4.40. The van der Waals surface area contributed by atoms with E-state index in [4.69, 9.17) is 56.8 Å².